The molecule has 0 radical (unpaired) electrons. The van der Waals surface area contributed by atoms with Crippen LogP contribution in [0, 0.1) is 17.8 Å². The van der Waals surface area contributed by atoms with Gasteiger partial charge in [-0.25, -0.2) is 4.79 Å². The minimum Gasteiger partial charge on any atom is -0.494 e. The van der Waals surface area contributed by atoms with E-state index in [0.717, 1.165) is 55.6 Å². The van der Waals surface area contributed by atoms with Gasteiger partial charge in [-0.2, -0.15) is 0 Å². The number of anilines is 1. The van der Waals surface area contributed by atoms with Gasteiger partial charge in [0.25, 0.3) is 0 Å². The molecule has 0 saturated heterocycles. The number of pyridine rings is 1. The molecule has 10 heteroatoms. The number of aliphatic carboxylic acids is 1. The number of halogens is 1. The summed E-state index contributed by atoms with van der Waals surface area (Å²) >= 11 is 6.31. The number of ether oxygens (including phenoxy) is 2. The lowest BCUT2D eigenvalue weighted by Crippen LogP contribution is -2.53. The third-order valence-corrected chi connectivity index (χ3v) is 13.4. The molecule has 3 aliphatic carbocycles. The van der Waals surface area contributed by atoms with Crippen LogP contribution in [0.5, 0.6) is 11.5 Å². The van der Waals surface area contributed by atoms with Crippen LogP contribution in [-0.4, -0.2) is 53.8 Å². The summed E-state index contributed by atoms with van der Waals surface area (Å²) in [6.07, 6.45) is 10.8. The number of nitrogens with two attached hydrogens (primary N) is 1. The molecule has 7 rings (SSSR count). The Labute approximate surface area is 348 Å². The monoisotopic (exact) mass is 806 g/mol. The smallest absolute Gasteiger partial charge is 0.329 e. The first kappa shape index (κ1) is 41.6. The molecule has 3 aromatic carbocycles. The summed E-state index contributed by atoms with van der Waals surface area (Å²) in [5.74, 6) is 1.66. The zero-order valence-electron chi connectivity index (χ0n) is 34.0. The number of nitrogens with one attached hydrogen (secondary N) is 2. The van der Waals surface area contributed by atoms with Crippen LogP contribution in [0.25, 0.3) is 0 Å². The number of carboxylic acid groups (broad SMARTS) is 1. The highest BCUT2D eigenvalue weighted by Gasteiger charge is 2.54. The van der Waals surface area contributed by atoms with Gasteiger partial charge in [-0.15, -0.1) is 0 Å². The van der Waals surface area contributed by atoms with Crippen LogP contribution in [0.15, 0.2) is 85.1 Å². The molecule has 9 nitrogen and oxygen atoms in total. The highest BCUT2D eigenvalue weighted by Crippen LogP contribution is 2.57. The van der Waals surface area contributed by atoms with E-state index >= 15 is 0 Å². The Kier molecular flexibility index (Phi) is 13.3. The highest BCUT2D eigenvalue weighted by molar-refractivity contribution is 6.30. The maximum Gasteiger partial charge on any atom is 0.329 e. The Morgan fingerprint density at radius 2 is 1.83 bits per heavy atom. The Morgan fingerprint density at radius 1 is 1.02 bits per heavy atom. The molecular formula is C48H59ClN4O5. The first-order valence-corrected chi connectivity index (χ1v) is 21.6. The molecule has 1 fully saturated rings. The van der Waals surface area contributed by atoms with Crippen molar-refractivity contribution < 1.29 is 24.2 Å². The molecule has 0 bridgehead atoms. The van der Waals surface area contributed by atoms with Gasteiger partial charge in [-0.1, -0.05) is 67.9 Å². The summed E-state index contributed by atoms with van der Waals surface area (Å²) in [4.78, 5) is 30.6. The number of nitrogens with zero attached hydrogens (tertiary/aromatic N) is 1. The van der Waals surface area contributed by atoms with Crippen molar-refractivity contribution in [3.63, 3.8) is 0 Å². The molecule has 0 aliphatic heterocycles. The number of aromatic nitrogens is 1. The van der Waals surface area contributed by atoms with Gasteiger partial charge >= 0.3 is 5.97 Å². The second kappa shape index (κ2) is 18.5. The lowest BCUT2D eigenvalue weighted by atomic mass is 9.59. The topological polar surface area (TPSA) is 136 Å². The largest absolute Gasteiger partial charge is 0.494 e. The van der Waals surface area contributed by atoms with E-state index in [2.05, 4.69) is 47.7 Å². The molecule has 4 atom stereocenters. The lowest BCUT2D eigenvalue weighted by Gasteiger charge is -2.47. The van der Waals surface area contributed by atoms with E-state index in [0.29, 0.717) is 68.0 Å². The van der Waals surface area contributed by atoms with Crippen LogP contribution in [0.2, 0.25) is 5.02 Å². The molecule has 5 N–H and O–H groups in total. The number of fused-ring (bicyclic) bond motifs is 3. The minimum absolute atomic E-state index is 0.0363. The van der Waals surface area contributed by atoms with Gasteiger partial charge < -0.3 is 30.9 Å². The molecule has 4 aromatic rings. The summed E-state index contributed by atoms with van der Waals surface area (Å²) in [5, 5.41) is 17.7. The van der Waals surface area contributed by atoms with Gasteiger partial charge in [0.15, 0.2) is 0 Å². The average Bonchev–Trinajstić information content (AvgIpc) is 3.51. The van der Waals surface area contributed by atoms with Crippen molar-refractivity contribution in [1.82, 2.24) is 10.3 Å². The summed E-state index contributed by atoms with van der Waals surface area (Å²) in [5.41, 5.74) is 11.5. The van der Waals surface area contributed by atoms with Crippen molar-refractivity contribution in [3.8, 4) is 11.5 Å². The summed E-state index contributed by atoms with van der Waals surface area (Å²) in [6.45, 7) is 6.42. The zero-order chi connectivity index (χ0) is 40.7. The van der Waals surface area contributed by atoms with Gasteiger partial charge in [0.05, 0.1) is 19.1 Å². The van der Waals surface area contributed by atoms with Crippen molar-refractivity contribution in [2.75, 3.05) is 31.6 Å². The summed E-state index contributed by atoms with van der Waals surface area (Å²) < 4.78 is 12.9. The predicted molar refractivity (Wildman–Crippen MR) is 230 cm³/mol. The fourth-order valence-electron chi connectivity index (χ4n) is 9.97. The van der Waals surface area contributed by atoms with Crippen LogP contribution in [0.3, 0.4) is 0 Å². The van der Waals surface area contributed by atoms with Crippen molar-refractivity contribution in [3.05, 3.63) is 118 Å². The number of hydrogen-bond acceptors (Lipinski definition) is 7. The van der Waals surface area contributed by atoms with Crippen LogP contribution in [0.4, 0.5) is 5.69 Å². The van der Waals surface area contributed by atoms with Crippen LogP contribution < -0.4 is 25.8 Å². The quantitative estimate of drug-likeness (QED) is 0.0778. The third-order valence-electron chi connectivity index (χ3n) is 13.1. The van der Waals surface area contributed by atoms with Gasteiger partial charge in [-0.05, 0) is 147 Å². The van der Waals surface area contributed by atoms with E-state index in [1.807, 2.05) is 54.7 Å². The van der Waals surface area contributed by atoms with E-state index in [1.54, 1.807) is 12.1 Å². The summed E-state index contributed by atoms with van der Waals surface area (Å²) in [7, 11) is 0. The van der Waals surface area contributed by atoms with Gasteiger partial charge in [-0.3, -0.25) is 9.78 Å². The second-order valence-electron chi connectivity index (χ2n) is 17.1. The number of carbonyl (C=O) groups excluding carboxylic acids is 1. The SMILES string of the molecule is C[C@@H](COc1ccnc2c1[C@H](C)CCC2)CC1Cc2ccc(OCCCNC(=O)C(CN)Cc3ccccc3)cc2C12CCC(Nc1cccc(Cl)c1)(C(=O)O)CC2. The number of hydrogen-bond donors (Lipinski definition) is 4. The number of carbonyl (C=O) groups is 2. The van der Waals surface area contributed by atoms with Crippen molar-refractivity contribution in [2.45, 2.75) is 101 Å². The van der Waals surface area contributed by atoms with E-state index in [4.69, 9.17) is 26.8 Å². The molecule has 1 amide bonds. The number of benzene rings is 3. The number of amides is 1. The maximum atomic E-state index is 13.1. The zero-order valence-corrected chi connectivity index (χ0v) is 34.7. The standard InChI is InChI=1S/C48H59ClN4O5/c1-32(31-58-43-17-23-51-42-14-6-9-33(2)44(42)43)25-37-27-35-15-16-40(57-24-8-22-52-45(54)36(30-50)26-34-10-4-3-5-11-34)29-41(35)47(37)18-20-48(21-19-47,46(55)56)53-39-13-7-12-38(49)28-39/h3-5,7,10-13,15-17,23,28-29,32-33,36-37,53H,6,8-9,14,18-22,24-27,30-31,50H2,1-2H3,(H,52,54)(H,55,56)/t32-,33-,36?,37?,47?,48?/m1/s1. The fourth-order valence-corrected chi connectivity index (χ4v) is 10.2. The molecule has 308 valence electrons. The molecular weight excluding hydrogens is 748 g/mol. The average molecular weight is 807 g/mol. The first-order valence-electron chi connectivity index (χ1n) is 21.2. The van der Waals surface area contributed by atoms with E-state index in [1.165, 1.54) is 28.8 Å². The minimum atomic E-state index is -1.10. The summed E-state index contributed by atoms with van der Waals surface area (Å²) in [6, 6.07) is 25.8. The Hall–Kier alpha value is -4.60. The van der Waals surface area contributed by atoms with Crippen LogP contribution in [-0.2, 0) is 34.3 Å². The fraction of sp³-hybridized carbons (Fsp3) is 0.479. The van der Waals surface area contributed by atoms with Gasteiger partial charge in [0.2, 0.25) is 5.91 Å². The first-order chi connectivity index (χ1) is 28.1. The molecule has 1 heterocycles. The van der Waals surface area contributed by atoms with Crippen LogP contribution in [0.1, 0.15) is 99.1 Å². The van der Waals surface area contributed by atoms with E-state index in [9.17, 15) is 14.7 Å². The lowest BCUT2D eigenvalue weighted by molar-refractivity contribution is -0.144. The Balaban J connectivity index is 1.04. The highest BCUT2D eigenvalue weighted by atomic mass is 35.5. The van der Waals surface area contributed by atoms with Crippen molar-refractivity contribution in [2.24, 2.45) is 23.5 Å². The molecule has 58 heavy (non-hydrogen) atoms. The molecule has 1 spiro atoms. The molecule has 1 aromatic heterocycles. The van der Waals surface area contributed by atoms with Crippen molar-refractivity contribution >= 4 is 29.2 Å². The predicted octanol–water partition coefficient (Wildman–Crippen LogP) is 8.90. The number of rotatable bonds is 17. The Bertz CT molecular complexity index is 2030. The van der Waals surface area contributed by atoms with Crippen LogP contribution >= 0.6 is 11.6 Å². The second-order valence-corrected chi connectivity index (χ2v) is 17.6. The molecule has 2 unspecified atom stereocenters. The molecule has 3 aliphatic rings. The molecule has 1 saturated carbocycles. The van der Waals surface area contributed by atoms with E-state index in [-0.39, 0.29) is 29.7 Å². The normalized spacial score (nSPS) is 23.3. The number of aryl methyl sites for hydroxylation is 1. The Morgan fingerprint density at radius 3 is 2.59 bits per heavy atom. The van der Waals surface area contributed by atoms with Crippen molar-refractivity contribution in [1.29, 1.82) is 0 Å². The maximum absolute atomic E-state index is 13.1. The van der Waals surface area contributed by atoms with Gasteiger partial charge in [0, 0.05) is 41.3 Å². The number of carboxylic acids is 1. The van der Waals surface area contributed by atoms with Gasteiger partial charge in [0.1, 0.15) is 17.0 Å². The third kappa shape index (κ3) is 9.31. The van der Waals surface area contributed by atoms with E-state index < -0.39 is 11.5 Å².